The summed E-state index contributed by atoms with van der Waals surface area (Å²) in [6.07, 6.45) is 0.180. The molecule has 1 N–H and O–H groups in total. The first-order valence-electron chi connectivity index (χ1n) is 5.29. The van der Waals surface area contributed by atoms with Crippen LogP contribution in [0.5, 0.6) is 5.75 Å². The molecule has 1 rings (SSSR count). The van der Waals surface area contributed by atoms with E-state index in [4.69, 9.17) is 9.94 Å². The highest BCUT2D eigenvalue weighted by Crippen LogP contribution is 2.28. The summed E-state index contributed by atoms with van der Waals surface area (Å²) in [4.78, 5) is 11.2. The molecule has 1 amide bonds. The molecule has 0 bridgehead atoms. The van der Waals surface area contributed by atoms with Crippen LogP contribution in [0, 0.1) is 0 Å². The van der Waals surface area contributed by atoms with E-state index in [2.05, 4.69) is 13.8 Å². The number of amides is 1. The summed E-state index contributed by atoms with van der Waals surface area (Å²) in [6, 6.07) is 7.35. The minimum atomic E-state index is -0.782. The summed E-state index contributed by atoms with van der Waals surface area (Å²) in [6.45, 7) is 4.14. The third kappa shape index (κ3) is 2.97. The van der Waals surface area contributed by atoms with E-state index in [0.29, 0.717) is 16.7 Å². The van der Waals surface area contributed by atoms with Crippen LogP contribution in [0.4, 0.5) is 4.79 Å². The van der Waals surface area contributed by atoms with Crippen molar-refractivity contribution in [3.05, 3.63) is 29.8 Å². The van der Waals surface area contributed by atoms with Gasteiger partial charge in [-0.05, 0) is 24.0 Å². The van der Waals surface area contributed by atoms with Crippen molar-refractivity contribution in [3.63, 3.8) is 0 Å². The molecule has 88 valence electrons. The van der Waals surface area contributed by atoms with Gasteiger partial charge in [0.25, 0.3) is 0 Å². The van der Waals surface area contributed by atoms with Crippen molar-refractivity contribution >= 4 is 6.09 Å². The second kappa shape index (κ2) is 5.51. The Kier molecular flexibility index (Phi) is 4.31. The van der Waals surface area contributed by atoms with E-state index in [1.807, 2.05) is 12.1 Å². The number of carbonyl (C=O) groups excluding carboxylic acids is 1. The van der Waals surface area contributed by atoms with Gasteiger partial charge in [-0.2, -0.15) is 5.06 Å². The van der Waals surface area contributed by atoms with Crippen molar-refractivity contribution in [2.45, 2.75) is 26.2 Å². The predicted molar refractivity (Wildman–Crippen MR) is 60.7 cm³/mol. The Morgan fingerprint density at radius 1 is 1.50 bits per heavy atom. The SMILES string of the molecule is CCC(C)c1ccccc1OC(=O)N(C)O. The molecule has 16 heavy (non-hydrogen) atoms. The first kappa shape index (κ1) is 12.5. The summed E-state index contributed by atoms with van der Waals surface area (Å²) in [7, 11) is 1.23. The molecule has 1 aromatic carbocycles. The number of para-hydroxylation sites is 1. The topological polar surface area (TPSA) is 49.8 Å². The molecule has 0 fully saturated rings. The third-order valence-corrected chi connectivity index (χ3v) is 2.52. The zero-order valence-corrected chi connectivity index (χ0v) is 9.80. The maximum Gasteiger partial charge on any atom is 0.438 e. The standard InChI is InChI=1S/C12H17NO3/c1-4-9(2)10-7-5-6-8-11(10)16-12(14)13(3)15/h5-9,15H,4H2,1-3H3. The molecule has 0 heterocycles. The number of rotatable bonds is 3. The van der Waals surface area contributed by atoms with Crippen molar-refractivity contribution in [1.29, 1.82) is 0 Å². The first-order valence-corrected chi connectivity index (χ1v) is 5.29. The van der Waals surface area contributed by atoms with Crippen molar-refractivity contribution in [1.82, 2.24) is 5.06 Å². The minimum absolute atomic E-state index is 0.313. The molecule has 4 heteroatoms. The van der Waals surface area contributed by atoms with Crippen LogP contribution in [0.1, 0.15) is 31.7 Å². The zero-order chi connectivity index (χ0) is 12.1. The molecule has 0 saturated heterocycles. The summed E-state index contributed by atoms with van der Waals surface area (Å²) < 4.78 is 5.07. The third-order valence-electron chi connectivity index (χ3n) is 2.52. The second-order valence-corrected chi connectivity index (χ2v) is 3.74. The van der Waals surface area contributed by atoms with E-state index in [1.165, 1.54) is 7.05 Å². The van der Waals surface area contributed by atoms with Gasteiger partial charge in [-0.1, -0.05) is 32.0 Å². The van der Waals surface area contributed by atoms with E-state index < -0.39 is 6.09 Å². The van der Waals surface area contributed by atoms with Gasteiger partial charge in [-0.15, -0.1) is 0 Å². The summed E-state index contributed by atoms with van der Waals surface area (Å²) >= 11 is 0. The van der Waals surface area contributed by atoms with Gasteiger partial charge in [0, 0.05) is 7.05 Å². The highest BCUT2D eigenvalue weighted by atomic mass is 16.6. The highest BCUT2D eigenvalue weighted by molar-refractivity contribution is 5.69. The van der Waals surface area contributed by atoms with Crippen LogP contribution in [0.3, 0.4) is 0 Å². The molecule has 1 atom stereocenters. The van der Waals surface area contributed by atoms with Crippen LogP contribution in [0.2, 0.25) is 0 Å². The van der Waals surface area contributed by atoms with Gasteiger partial charge in [-0.25, -0.2) is 4.79 Å². The van der Waals surface area contributed by atoms with Gasteiger partial charge in [0.2, 0.25) is 0 Å². The maximum atomic E-state index is 11.2. The lowest BCUT2D eigenvalue weighted by Crippen LogP contribution is -2.26. The zero-order valence-electron chi connectivity index (χ0n) is 9.80. The van der Waals surface area contributed by atoms with E-state index in [0.717, 1.165) is 12.0 Å². The van der Waals surface area contributed by atoms with Crippen molar-refractivity contribution in [2.24, 2.45) is 0 Å². The number of nitrogens with zero attached hydrogens (tertiary/aromatic N) is 1. The molecule has 0 spiro atoms. The van der Waals surface area contributed by atoms with Gasteiger partial charge < -0.3 is 4.74 Å². The molecule has 0 aromatic heterocycles. The predicted octanol–water partition coefficient (Wildman–Crippen LogP) is 3.02. The van der Waals surface area contributed by atoms with Gasteiger partial charge in [0.1, 0.15) is 5.75 Å². The molecule has 0 saturated carbocycles. The Hall–Kier alpha value is -1.55. The van der Waals surface area contributed by atoms with Gasteiger partial charge >= 0.3 is 6.09 Å². The Labute approximate surface area is 95.4 Å². The van der Waals surface area contributed by atoms with Gasteiger partial charge in [0.05, 0.1) is 0 Å². The molecular formula is C12H17NO3. The number of hydrogen-bond acceptors (Lipinski definition) is 3. The van der Waals surface area contributed by atoms with Crippen LogP contribution >= 0.6 is 0 Å². The molecule has 1 aromatic rings. The van der Waals surface area contributed by atoms with Crippen LogP contribution in [-0.2, 0) is 0 Å². The molecule has 0 aliphatic heterocycles. The van der Waals surface area contributed by atoms with Gasteiger partial charge in [0.15, 0.2) is 0 Å². The fourth-order valence-electron chi connectivity index (χ4n) is 1.36. The Morgan fingerprint density at radius 2 is 2.12 bits per heavy atom. The van der Waals surface area contributed by atoms with E-state index in [9.17, 15) is 4.79 Å². The number of hydrogen-bond donors (Lipinski definition) is 1. The Morgan fingerprint density at radius 3 is 2.69 bits per heavy atom. The van der Waals surface area contributed by atoms with Crippen LogP contribution in [0.25, 0.3) is 0 Å². The smallest absolute Gasteiger partial charge is 0.408 e. The summed E-state index contributed by atoms with van der Waals surface area (Å²) in [5, 5.41) is 9.35. The minimum Gasteiger partial charge on any atom is -0.408 e. The average molecular weight is 223 g/mol. The van der Waals surface area contributed by atoms with Crippen molar-refractivity contribution in [3.8, 4) is 5.75 Å². The number of benzene rings is 1. The van der Waals surface area contributed by atoms with Gasteiger partial charge in [-0.3, -0.25) is 5.21 Å². The summed E-state index contributed by atoms with van der Waals surface area (Å²) in [5.41, 5.74) is 0.972. The largest absolute Gasteiger partial charge is 0.438 e. The highest BCUT2D eigenvalue weighted by Gasteiger charge is 2.14. The second-order valence-electron chi connectivity index (χ2n) is 3.74. The summed E-state index contributed by atoms with van der Waals surface area (Å²) in [5.74, 6) is 0.816. The van der Waals surface area contributed by atoms with Crippen molar-refractivity contribution in [2.75, 3.05) is 7.05 Å². The molecule has 0 aliphatic carbocycles. The Balaban J connectivity index is 2.91. The maximum absolute atomic E-state index is 11.2. The number of hydroxylamine groups is 2. The average Bonchev–Trinajstić information content (AvgIpc) is 2.28. The fourth-order valence-corrected chi connectivity index (χ4v) is 1.36. The molecule has 4 nitrogen and oxygen atoms in total. The van der Waals surface area contributed by atoms with Crippen LogP contribution in [-0.4, -0.2) is 23.4 Å². The lowest BCUT2D eigenvalue weighted by Gasteiger charge is -2.15. The lowest BCUT2D eigenvalue weighted by molar-refractivity contribution is -0.0372. The number of carbonyl (C=O) groups is 1. The van der Waals surface area contributed by atoms with E-state index >= 15 is 0 Å². The monoisotopic (exact) mass is 223 g/mol. The van der Waals surface area contributed by atoms with E-state index in [1.54, 1.807) is 12.1 Å². The number of ether oxygens (including phenoxy) is 1. The quantitative estimate of drug-likeness (QED) is 0.633. The molecule has 1 unspecified atom stereocenters. The van der Waals surface area contributed by atoms with Crippen LogP contribution in [0.15, 0.2) is 24.3 Å². The van der Waals surface area contributed by atoms with E-state index in [-0.39, 0.29) is 0 Å². The molecule has 0 radical (unpaired) electrons. The van der Waals surface area contributed by atoms with Crippen molar-refractivity contribution < 1.29 is 14.7 Å². The Bertz CT molecular complexity index is 363. The normalized spacial score (nSPS) is 12.0. The lowest BCUT2D eigenvalue weighted by atomic mass is 9.98. The molecule has 0 aliphatic rings. The first-order chi connectivity index (χ1) is 7.56. The fraction of sp³-hybridized carbons (Fsp3) is 0.417. The molecular weight excluding hydrogens is 206 g/mol. The van der Waals surface area contributed by atoms with Crippen LogP contribution < -0.4 is 4.74 Å².